The first-order valence-corrected chi connectivity index (χ1v) is 4.01. The van der Waals surface area contributed by atoms with E-state index in [0.29, 0.717) is 5.06 Å². The fourth-order valence-corrected chi connectivity index (χ4v) is 0.990. The molecular weight excluding hydrogens is 166 g/mol. The van der Waals surface area contributed by atoms with Gasteiger partial charge in [0.1, 0.15) is 12.7 Å². The second kappa shape index (κ2) is 4.27. The Morgan fingerprint density at radius 1 is 1.73 bits per heavy atom. The summed E-state index contributed by atoms with van der Waals surface area (Å²) < 4.78 is 5.04. The molecule has 1 heterocycles. The summed E-state index contributed by atoms with van der Waals surface area (Å²) in [5, 5.41) is 17.9. The predicted octanol–water partition coefficient (Wildman–Crippen LogP) is -0.125. The molecule has 0 bridgehead atoms. The first-order chi connectivity index (χ1) is 5.33. The van der Waals surface area contributed by atoms with Crippen molar-refractivity contribution in [1.82, 2.24) is 4.98 Å². The lowest BCUT2D eigenvalue weighted by atomic mass is 10.4. The van der Waals surface area contributed by atoms with E-state index in [1.807, 2.05) is 0 Å². The van der Waals surface area contributed by atoms with Crippen LogP contribution in [0.1, 0.15) is 0 Å². The Morgan fingerprint density at radius 3 is 3.09 bits per heavy atom. The number of aliphatic hydroxyl groups excluding tert-OH is 2. The van der Waals surface area contributed by atoms with E-state index in [-0.39, 0.29) is 13.2 Å². The second-order valence-corrected chi connectivity index (χ2v) is 2.82. The Kier molecular flexibility index (Phi) is 3.28. The number of nitrogens with zero attached hydrogens (tertiary/aromatic N) is 1. The van der Waals surface area contributed by atoms with Crippen LogP contribution in [0.3, 0.4) is 0 Å². The highest BCUT2D eigenvalue weighted by Crippen LogP contribution is 2.15. The van der Waals surface area contributed by atoms with E-state index in [9.17, 15) is 0 Å². The van der Waals surface area contributed by atoms with Gasteiger partial charge in [-0.25, -0.2) is 4.98 Å². The van der Waals surface area contributed by atoms with Crippen molar-refractivity contribution < 1.29 is 14.9 Å². The lowest BCUT2D eigenvalue weighted by Crippen LogP contribution is -2.20. The zero-order valence-corrected chi connectivity index (χ0v) is 6.62. The lowest BCUT2D eigenvalue weighted by molar-refractivity contribution is 0.0547. The third kappa shape index (κ3) is 2.83. The third-order valence-electron chi connectivity index (χ3n) is 1.04. The van der Waals surface area contributed by atoms with Crippen LogP contribution in [0.5, 0.6) is 5.06 Å². The molecule has 5 heteroatoms. The van der Waals surface area contributed by atoms with E-state index in [2.05, 4.69) is 4.98 Å². The summed E-state index contributed by atoms with van der Waals surface area (Å²) in [5.74, 6) is 0. The molecule has 0 fully saturated rings. The summed E-state index contributed by atoms with van der Waals surface area (Å²) in [6.07, 6.45) is 0.756. The Morgan fingerprint density at radius 2 is 2.55 bits per heavy atom. The predicted molar refractivity (Wildman–Crippen MR) is 40.7 cm³/mol. The molecule has 0 aliphatic carbocycles. The quantitative estimate of drug-likeness (QED) is 0.669. The van der Waals surface area contributed by atoms with E-state index in [1.54, 1.807) is 11.7 Å². The van der Waals surface area contributed by atoms with Crippen molar-refractivity contribution in [3.05, 3.63) is 11.7 Å². The van der Waals surface area contributed by atoms with Gasteiger partial charge in [-0.05, 0) is 0 Å². The molecule has 0 aromatic carbocycles. The van der Waals surface area contributed by atoms with Crippen LogP contribution in [-0.4, -0.2) is 34.5 Å². The zero-order chi connectivity index (χ0) is 8.10. The Labute approximate surface area is 68.1 Å². The number of ether oxygens (including phenoxy) is 1. The summed E-state index contributed by atoms with van der Waals surface area (Å²) in [5.41, 5.74) is 1.64. The minimum absolute atomic E-state index is 0.110. The topological polar surface area (TPSA) is 62.6 Å². The number of hydrogen-bond donors (Lipinski definition) is 2. The van der Waals surface area contributed by atoms with Crippen LogP contribution in [-0.2, 0) is 0 Å². The van der Waals surface area contributed by atoms with Gasteiger partial charge < -0.3 is 14.9 Å². The molecule has 0 aliphatic heterocycles. The van der Waals surface area contributed by atoms with Gasteiger partial charge in [0.15, 0.2) is 5.06 Å². The molecule has 0 saturated heterocycles. The number of aromatic nitrogens is 1. The van der Waals surface area contributed by atoms with Gasteiger partial charge in [0.25, 0.3) is 0 Å². The molecule has 1 aromatic rings. The first kappa shape index (κ1) is 8.45. The minimum Gasteiger partial charge on any atom is -0.480 e. The van der Waals surface area contributed by atoms with Crippen LogP contribution in [0.2, 0.25) is 0 Å². The van der Waals surface area contributed by atoms with Crippen LogP contribution in [0, 0.1) is 0 Å². The average molecular weight is 175 g/mol. The average Bonchev–Trinajstić information content (AvgIpc) is 2.52. The third-order valence-corrected chi connectivity index (χ3v) is 1.72. The molecule has 0 unspecified atom stereocenters. The van der Waals surface area contributed by atoms with E-state index < -0.39 is 6.10 Å². The van der Waals surface area contributed by atoms with Crippen molar-refractivity contribution in [1.29, 1.82) is 0 Å². The second-order valence-electron chi connectivity index (χ2n) is 1.97. The molecule has 0 saturated carbocycles. The Hall–Kier alpha value is -0.650. The van der Waals surface area contributed by atoms with Crippen molar-refractivity contribution in [2.75, 3.05) is 13.2 Å². The van der Waals surface area contributed by atoms with E-state index in [1.165, 1.54) is 11.3 Å². The van der Waals surface area contributed by atoms with Crippen LogP contribution in [0.25, 0.3) is 0 Å². The van der Waals surface area contributed by atoms with Crippen LogP contribution in [0.4, 0.5) is 0 Å². The molecule has 0 radical (unpaired) electrons. The highest BCUT2D eigenvalue weighted by atomic mass is 32.1. The van der Waals surface area contributed by atoms with Gasteiger partial charge in [0.05, 0.1) is 18.3 Å². The van der Waals surface area contributed by atoms with Crippen LogP contribution in [0.15, 0.2) is 11.7 Å². The summed E-state index contributed by atoms with van der Waals surface area (Å²) in [7, 11) is 0. The normalized spacial score (nSPS) is 12.9. The summed E-state index contributed by atoms with van der Waals surface area (Å²) >= 11 is 1.35. The zero-order valence-electron chi connectivity index (χ0n) is 5.80. The van der Waals surface area contributed by atoms with Crippen molar-refractivity contribution >= 4 is 11.3 Å². The molecule has 1 rings (SSSR count). The molecule has 1 aromatic heterocycles. The fraction of sp³-hybridized carbons (Fsp3) is 0.500. The summed E-state index contributed by atoms with van der Waals surface area (Å²) in [6, 6.07) is 0. The van der Waals surface area contributed by atoms with Gasteiger partial charge in [-0.1, -0.05) is 11.3 Å². The number of rotatable bonds is 4. The van der Waals surface area contributed by atoms with Gasteiger partial charge in [-0.3, -0.25) is 0 Å². The Balaban J connectivity index is 2.23. The van der Waals surface area contributed by atoms with Gasteiger partial charge in [-0.15, -0.1) is 0 Å². The highest BCUT2D eigenvalue weighted by Gasteiger charge is 2.02. The summed E-state index contributed by atoms with van der Waals surface area (Å²) in [6.45, 7) is -0.169. The van der Waals surface area contributed by atoms with Crippen LogP contribution < -0.4 is 4.74 Å². The molecular formula is C6H9NO3S. The van der Waals surface area contributed by atoms with Gasteiger partial charge >= 0.3 is 0 Å². The summed E-state index contributed by atoms with van der Waals surface area (Å²) in [4.78, 5) is 3.78. The largest absolute Gasteiger partial charge is 0.480 e. The molecule has 0 aliphatic rings. The molecule has 11 heavy (non-hydrogen) atoms. The maximum atomic E-state index is 8.87. The number of hydrogen-bond acceptors (Lipinski definition) is 5. The molecule has 1 atom stereocenters. The van der Waals surface area contributed by atoms with E-state index in [0.717, 1.165) is 0 Å². The fourth-order valence-electron chi connectivity index (χ4n) is 0.506. The number of aliphatic hydroxyl groups is 2. The molecule has 0 spiro atoms. The van der Waals surface area contributed by atoms with Crippen molar-refractivity contribution in [3.63, 3.8) is 0 Å². The van der Waals surface area contributed by atoms with Crippen LogP contribution >= 0.6 is 11.3 Å². The lowest BCUT2D eigenvalue weighted by Gasteiger charge is -2.06. The first-order valence-electron chi connectivity index (χ1n) is 3.13. The monoisotopic (exact) mass is 175 g/mol. The highest BCUT2D eigenvalue weighted by molar-refractivity contribution is 7.11. The van der Waals surface area contributed by atoms with E-state index in [4.69, 9.17) is 14.9 Å². The molecule has 0 amide bonds. The van der Waals surface area contributed by atoms with Gasteiger partial charge in [-0.2, -0.15) is 0 Å². The molecule has 2 N–H and O–H groups in total. The minimum atomic E-state index is -0.808. The molecule has 62 valence electrons. The van der Waals surface area contributed by atoms with Gasteiger partial charge in [0, 0.05) is 0 Å². The smallest absolute Gasteiger partial charge is 0.193 e. The van der Waals surface area contributed by atoms with Crippen molar-refractivity contribution in [2.24, 2.45) is 0 Å². The molecule has 4 nitrogen and oxygen atoms in total. The van der Waals surface area contributed by atoms with Gasteiger partial charge in [0.2, 0.25) is 0 Å². The number of thiazole rings is 1. The maximum Gasteiger partial charge on any atom is 0.193 e. The van der Waals surface area contributed by atoms with Crippen molar-refractivity contribution in [2.45, 2.75) is 6.10 Å². The standard InChI is InChI=1S/C6H9NO3S/c8-2-5(9)3-10-6-1-7-4-11-6/h1,4-5,8-9H,2-3H2/t5-/m0/s1. The van der Waals surface area contributed by atoms with E-state index >= 15 is 0 Å². The SMILES string of the molecule is OC[C@H](O)COc1cncs1. The Bertz CT molecular complexity index is 190. The maximum absolute atomic E-state index is 8.87. The van der Waals surface area contributed by atoms with Crippen molar-refractivity contribution in [3.8, 4) is 5.06 Å².